The van der Waals surface area contributed by atoms with Gasteiger partial charge in [0.25, 0.3) is 0 Å². The zero-order chi connectivity index (χ0) is 13.8. The van der Waals surface area contributed by atoms with Crippen LogP contribution in [0.15, 0.2) is 18.2 Å². The lowest BCUT2D eigenvalue weighted by Gasteiger charge is -2.36. The number of nitrogens with one attached hydrogen (secondary N) is 1. The second kappa shape index (κ2) is 6.42. The molecule has 2 rings (SSSR count). The molecule has 1 heterocycles. The molecule has 1 aliphatic heterocycles. The molecule has 19 heavy (non-hydrogen) atoms. The molecular weight excluding hydrogens is 232 g/mol. The third-order valence-electron chi connectivity index (χ3n) is 4.34. The molecule has 2 nitrogen and oxygen atoms in total. The molecule has 1 aromatic rings. The molecule has 1 aliphatic rings. The Labute approximate surface area is 118 Å². The van der Waals surface area contributed by atoms with Gasteiger partial charge in [0, 0.05) is 30.9 Å². The summed E-state index contributed by atoms with van der Waals surface area (Å²) < 4.78 is 0. The Bertz CT molecular complexity index is 385. The van der Waals surface area contributed by atoms with Gasteiger partial charge in [-0.1, -0.05) is 13.0 Å². The van der Waals surface area contributed by atoms with Gasteiger partial charge in [-0.05, 0) is 63.3 Å². The average molecular weight is 260 g/mol. The first-order chi connectivity index (χ1) is 9.08. The van der Waals surface area contributed by atoms with Crippen molar-refractivity contribution in [3.05, 3.63) is 29.3 Å². The topological polar surface area (TPSA) is 15.3 Å². The summed E-state index contributed by atoms with van der Waals surface area (Å²) in [7, 11) is 0. The summed E-state index contributed by atoms with van der Waals surface area (Å²) in [6, 6.07) is 8.13. The molecule has 0 saturated carbocycles. The Kier molecular flexibility index (Phi) is 4.87. The van der Waals surface area contributed by atoms with Gasteiger partial charge in [-0.15, -0.1) is 0 Å². The molecule has 1 unspecified atom stereocenters. The van der Waals surface area contributed by atoms with Gasteiger partial charge in [0.1, 0.15) is 0 Å². The van der Waals surface area contributed by atoms with Crippen molar-refractivity contribution in [3.8, 4) is 0 Å². The number of hydrogen-bond donors (Lipinski definition) is 1. The molecule has 1 fully saturated rings. The van der Waals surface area contributed by atoms with Crippen molar-refractivity contribution >= 4 is 5.69 Å². The lowest BCUT2D eigenvalue weighted by atomic mass is 10.0. The van der Waals surface area contributed by atoms with E-state index >= 15 is 0 Å². The van der Waals surface area contributed by atoms with Crippen LogP contribution in [-0.2, 0) is 0 Å². The normalized spacial score (nSPS) is 19.4. The van der Waals surface area contributed by atoms with Gasteiger partial charge in [0.05, 0.1) is 0 Å². The van der Waals surface area contributed by atoms with Gasteiger partial charge in [-0.25, -0.2) is 0 Å². The number of aryl methyl sites for hydroxylation is 2. The fourth-order valence-electron chi connectivity index (χ4n) is 3.04. The Morgan fingerprint density at radius 2 is 1.74 bits per heavy atom. The maximum absolute atomic E-state index is 3.71. The second-order valence-corrected chi connectivity index (χ2v) is 6.09. The molecule has 1 N–H and O–H groups in total. The van der Waals surface area contributed by atoms with Gasteiger partial charge in [-0.2, -0.15) is 0 Å². The zero-order valence-electron chi connectivity index (χ0n) is 12.9. The van der Waals surface area contributed by atoms with Gasteiger partial charge >= 0.3 is 0 Å². The van der Waals surface area contributed by atoms with Crippen LogP contribution in [0, 0.1) is 13.8 Å². The lowest BCUT2D eigenvalue weighted by molar-refractivity contribution is 0.163. The minimum absolute atomic E-state index is 0.640. The van der Waals surface area contributed by atoms with E-state index in [0.717, 1.165) is 6.04 Å². The first-order valence-electron chi connectivity index (χ1n) is 7.67. The van der Waals surface area contributed by atoms with E-state index < -0.39 is 0 Å². The van der Waals surface area contributed by atoms with E-state index in [0.29, 0.717) is 6.04 Å². The molecule has 0 amide bonds. The Hall–Kier alpha value is -1.02. The summed E-state index contributed by atoms with van der Waals surface area (Å²) in [5.74, 6) is 0. The highest BCUT2D eigenvalue weighted by molar-refractivity contribution is 5.49. The highest BCUT2D eigenvalue weighted by atomic mass is 15.2. The molecule has 1 saturated heterocycles. The Balaban J connectivity index is 1.88. The van der Waals surface area contributed by atoms with E-state index in [9.17, 15) is 0 Å². The van der Waals surface area contributed by atoms with Gasteiger partial charge in [0.2, 0.25) is 0 Å². The lowest BCUT2D eigenvalue weighted by Crippen LogP contribution is -2.43. The second-order valence-electron chi connectivity index (χ2n) is 6.09. The predicted octanol–water partition coefficient (Wildman–Crippen LogP) is 3.98. The summed E-state index contributed by atoms with van der Waals surface area (Å²) >= 11 is 0. The zero-order valence-corrected chi connectivity index (χ0v) is 12.9. The van der Waals surface area contributed by atoms with Crippen LogP contribution in [0.4, 0.5) is 5.69 Å². The number of likely N-dealkylation sites (tertiary alicyclic amines) is 1. The summed E-state index contributed by atoms with van der Waals surface area (Å²) in [4.78, 5) is 2.62. The number of anilines is 1. The summed E-state index contributed by atoms with van der Waals surface area (Å²) in [6.07, 6.45) is 3.78. The summed E-state index contributed by atoms with van der Waals surface area (Å²) in [6.45, 7) is 11.4. The van der Waals surface area contributed by atoms with Crippen LogP contribution in [-0.4, -0.2) is 30.1 Å². The standard InChI is InChI=1S/C17H28N2/c1-5-15(4)19-8-6-16(7-9-19)18-17-11-13(2)10-14(3)12-17/h10-12,15-16,18H,5-9H2,1-4H3. The molecule has 0 bridgehead atoms. The van der Waals surface area contributed by atoms with Crippen molar-refractivity contribution in [2.24, 2.45) is 0 Å². The number of rotatable bonds is 4. The van der Waals surface area contributed by atoms with Crippen molar-refractivity contribution in [2.75, 3.05) is 18.4 Å². The van der Waals surface area contributed by atoms with E-state index in [-0.39, 0.29) is 0 Å². The Morgan fingerprint density at radius 1 is 1.16 bits per heavy atom. The monoisotopic (exact) mass is 260 g/mol. The SMILES string of the molecule is CCC(C)N1CCC(Nc2cc(C)cc(C)c2)CC1. The van der Waals surface area contributed by atoms with E-state index in [2.05, 4.69) is 56.1 Å². The van der Waals surface area contributed by atoms with Crippen LogP contribution >= 0.6 is 0 Å². The first-order valence-corrected chi connectivity index (χ1v) is 7.67. The third kappa shape index (κ3) is 3.97. The van der Waals surface area contributed by atoms with Crippen LogP contribution in [0.5, 0.6) is 0 Å². The molecule has 0 spiro atoms. The smallest absolute Gasteiger partial charge is 0.0347 e. The molecule has 0 aliphatic carbocycles. The molecular formula is C17H28N2. The van der Waals surface area contributed by atoms with Crippen molar-refractivity contribution in [3.63, 3.8) is 0 Å². The van der Waals surface area contributed by atoms with Crippen molar-refractivity contribution in [2.45, 2.75) is 59.0 Å². The minimum Gasteiger partial charge on any atom is -0.382 e. The largest absolute Gasteiger partial charge is 0.382 e. The molecule has 2 heteroatoms. The highest BCUT2D eigenvalue weighted by Gasteiger charge is 2.21. The number of hydrogen-bond acceptors (Lipinski definition) is 2. The molecule has 1 aromatic carbocycles. The first kappa shape index (κ1) is 14.4. The molecule has 0 radical (unpaired) electrons. The minimum atomic E-state index is 0.640. The molecule has 0 aromatic heterocycles. The van der Waals surface area contributed by atoms with Gasteiger partial charge in [0.15, 0.2) is 0 Å². The number of nitrogens with zero attached hydrogens (tertiary/aromatic N) is 1. The maximum Gasteiger partial charge on any atom is 0.0347 e. The van der Waals surface area contributed by atoms with Crippen molar-refractivity contribution in [1.29, 1.82) is 0 Å². The summed E-state index contributed by atoms with van der Waals surface area (Å²) in [5.41, 5.74) is 3.98. The quantitative estimate of drug-likeness (QED) is 0.881. The molecule has 1 atom stereocenters. The molecule has 106 valence electrons. The van der Waals surface area contributed by atoms with Crippen LogP contribution in [0.25, 0.3) is 0 Å². The van der Waals surface area contributed by atoms with Gasteiger partial charge < -0.3 is 10.2 Å². The predicted molar refractivity (Wildman–Crippen MR) is 83.9 cm³/mol. The maximum atomic E-state index is 3.71. The van der Waals surface area contributed by atoms with Crippen LogP contribution < -0.4 is 5.32 Å². The van der Waals surface area contributed by atoms with E-state index in [1.807, 2.05) is 0 Å². The number of benzene rings is 1. The third-order valence-corrected chi connectivity index (χ3v) is 4.34. The van der Waals surface area contributed by atoms with E-state index in [1.54, 1.807) is 0 Å². The van der Waals surface area contributed by atoms with Crippen molar-refractivity contribution < 1.29 is 0 Å². The van der Waals surface area contributed by atoms with E-state index in [4.69, 9.17) is 0 Å². The van der Waals surface area contributed by atoms with Gasteiger partial charge in [-0.3, -0.25) is 0 Å². The van der Waals surface area contributed by atoms with Crippen molar-refractivity contribution in [1.82, 2.24) is 4.90 Å². The van der Waals surface area contributed by atoms with Crippen LogP contribution in [0.2, 0.25) is 0 Å². The van der Waals surface area contributed by atoms with E-state index in [1.165, 1.54) is 49.2 Å². The Morgan fingerprint density at radius 3 is 2.26 bits per heavy atom. The average Bonchev–Trinajstić information content (AvgIpc) is 2.37. The van der Waals surface area contributed by atoms with Crippen LogP contribution in [0.1, 0.15) is 44.2 Å². The fourth-order valence-corrected chi connectivity index (χ4v) is 3.04. The van der Waals surface area contributed by atoms with Crippen LogP contribution in [0.3, 0.4) is 0 Å². The fraction of sp³-hybridized carbons (Fsp3) is 0.647. The highest BCUT2D eigenvalue weighted by Crippen LogP contribution is 2.20. The number of piperidine rings is 1. The summed E-state index contributed by atoms with van der Waals surface area (Å²) in [5, 5.41) is 3.71.